The zero-order valence-electron chi connectivity index (χ0n) is 9.76. The molecule has 0 amide bonds. The highest BCUT2D eigenvalue weighted by molar-refractivity contribution is 6.29. The van der Waals surface area contributed by atoms with Crippen LogP contribution in [0.5, 0.6) is 5.88 Å². The molecule has 2 N–H and O–H groups in total. The molecule has 1 unspecified atom stereocenters. The van der Waals surface area contributed by atoms with Crippen LogP contribution in [-0.4, -0.2) is 27.1 Å². The summed E-state index contributed by atoms with van der Waals surface area (Å²) in [5, 5.41) is 11.4. The van der Waals surface area contributed by atoms with E-state index in [0.717, 1.165) is 0 Å². The minimum Gasteiger partial charge on any atom is -0.480 e. The van der Waals surface area contributed by atoms with Gasteiger partial charge in [0.1, 0.15) is 5.69 Å². The molecular weight excluding hydrogens is 261 g/mol. The van der Waals surface area contributed by atoms with E-state index < -0.39 is 5.95 Å². The minimum absolute atomic E-state index is 0.0195. The Morgan fingerprint density at radius 2 is 2.22 bits per heavy atom. The topological polar surface area (TPSA) is 78.9 Å². The van der Waals surface area contributed by atoms with E-state index in [2.05, 4.69) is 15.3 Å². The van der Waals surface area contributed by atoms with Crippen molar-refractivity contribution < 1.29 is 9.13 Å². The van der Waals surface area contributed by atoms with Gasteiger partial charge in [-0.25, -0.2) is 0 Å². The van der Waals surface area contributed by atoms with Crippen molar-refractivity contribution >= 4 is 17.3 Å². The van der Waals surface area contributed by atoms with Crippen LogP contribution in [0.15, 0.2) is 12.3 Å². The number of anilines is 1. The summed E-state index contributed by atoms with van der Waals surface area (Å²) < 4.78 is 19.6. The number of ether oxygens (including phenoxy) is 1. The normalized spacial score (nSPS) is 12.4. The molecule has 0 radical (unpaired) electrons. The lowest BCUT2D eigenvalue weighted by Crippen LogP contribution is -2.10. The fourth-order valence-electron chi connectivity index (χ4n) is 1.55. The largest absolute Gasteiger partial charge is 0.480 e. The molecule has 0 aliphatic rings. The Morgan fingerprint density at radius 1 is 1.50 bits per heavy atom. The Balaban J connectivity index is 2.44. The molecule has 0 bridgehead atoms. The lowest BCUT2D eigenvalue weighted by atomic mass is 10.1. The summed E-state index contributed by atoms with van der Waals surface area (Å²) in [5.74, 6) is -0.407. The van der Waals surface area contributed by atoms with Gasteiger partial charge in [0.25, 0.3) is 5.95 Å². The maximum atomic E-state index is 13.1. The second kappa shape index (κ2) is 4.77. The van der Waals surface area contributed by atoms with Gasteiger partial charge in [0.2, 0.25) is 5.88 Å². The standard InChI is InChI=1S/C10H11ClFN5O/c1-5(17-4-7(13)9(12)16-17)6-3-8(11)14-15-10(6)18-2/h3-5H,13H2,1-2H3. The molecule has 0 saturated carbocycles. The van der Waals surface area contributed by atoms with E-state index in [1.165, 1.54) is 18.0 Å². The fraction of sp³-hybridized carbons (Fsp3) is 0.300. The summed E-state index contributed by atoms with van der Waals surface area (Å²) in [5.41, 5.74) is 6.03. The maximum Gasteiger partial charge on any atom is 0.255 e. The van der Waals surface area contributed by atoms with Crippen LogP contribution in [0.4, 0.5) is 10.1 Å². The Hall–Kier alpha value is -1.89. The van der Waals surface area contributed by atoms with Gasteiger partial charge in [-0.15, -0.1) is 15.3 Å². The average molecular weight is 272 g/mol. The lowest BCUT2D eigenvalue weighted by molar-refractivity contribution is 0.376. The van der Waals surface area contributed by atoms with E-state index in [-0.39, 0.29) is 16.9 Å². The van der Waals surface area contributed by atoms with Crippen molar-refractivity contribution in [3.8, 4) is 5.88 Å². The average Bonchev–Trinajstić information content (AvgIpc) is 2.68. The van der Waals surface area contributed by atoms with Crippen LogP contribution in [0.3, 0.4) is 0 Å². The van der Waals surface area contributed by atoms with Crippen LogP contribution in [0, 0.1) is 5.95 Å². The molecule has 0 saturated heterocycles. The first-order valence-corrected chi connectivity index (χ1v) is 5.48. The van der Waals surface area contributed by atoms with Gasteiger partial charge in [-0.05, 0) is 13.0 Å². The molecule has 0 spiro atoms. The Bertz CT molecular complexity index is 554. The summed E-state index contributed by atoms with van der Waals surface area (Å²) in [4.78, 5) is 0. The smallest absolute Gasteiger partial charge is 0.255 e. The molecule has 0 aliphatic heterocycles. The minimum atomic E-state index is -0.714. The molecule has 0 aliphatic carbocycles. The number of nitrogens with zero attached hydrogens (tertiary/aromatic N) is 4. The van der Waals surface area contributed by atoms with E-state index in [4.69, 9.17) is 22.1 Å². The number of rotatable bonds is 3. The van der Waals surface area contributed by atoms with Crippen LogP contribution in [-0.2, 0) is 0 Å². The number of methoxy groups -OCH3 is 1. The van der Waals surface area contributed by atoms with Gasteiger partial charge >= 0.3 is 0 Å². The Labute approximate surface area is 108 Å². The molecule has 18 heavy (non-hydrogen) atoms. The molecule has 96 valence electrons. The summed E-state index contributed by atoms with van der Waals surface area (Å²) >= 11 is 5.78. The van der Waals surface area contributed by atoms with Crippen molar-refractivity contribution in [3.63, 3.8) is 0 Å². The second-order valence-corrected chi connectivity index (χ2v) is 4.05. The monoisotopic (exact) mass is 271 g/mol. The SMILES string of the molecule is COc1nnc(Cl)cc1C(C)n1cc(N)c(F)n1. The molecule has 6 nitrogen and oxygen atoms in total. The quantitative estimate of drug-likeness (QED) is 0.918. The first kappa shape index (κ1) is 12.6. The number of aromatic nitrogens is 4. The number of halogens is 2. The van der Waals surface area contributed by atoms with Gasteiger partial charge in [0.15, 0.2) is 5.15 Å². The van der Waals surface area contributed by atoms with Crippen LogP contribution >= 0.6 is 11.6 Å². The third kappa shape index (κ3) is 2.21. The highest BCUT2D eigenvalue weighted by atomic mass is 35.5. The Kier molecular flexibility index (Phi) is 3.33. The molecule has 0 fully saturated rings. The van der Waals surface area contributed by atoms with E-state index in [9.17, 15) is 4.39 Å². The van der Waals surface area contributed by atoms with Gasteiger partial charge < -0.3 is 10.5 Å². The van der Waals surface area contributed by atoms with E-state index >= 15 is 0 Å². The van der Waals surface area contributed by atoms with E-state index in [0.29, 0.717) is 11.4 Å². The summed E-state index contributed by atoms with van der Waals surface area (Å²) in [6, 6.07) is 1.26. The molecule has 2 rings (SSSR count). The van der Waals surface area contributed by atoms with Crippen molar-refractivity contribution in [2.75, 3.05) is 12.8 Å². The third-order valence-electron chi connectivity index (χ3n) is 2.51. The fourth-order valence-corrected chi connectivity index (χ4v) is 1.71. The second-order valence-electron chi connectivity index (χ2n) is 3.66. The van der Waals surface area contributed by atoms with Crippen molar-refractivity contribution in [2.24, 2.45) is 0 Å². The zero-order chi connectivity index (χ0) is 13.3. The van der Waals surface area contributed by atoms with Crippen LogP contribution < -0.4 is 10.5 Å². The van der Waals surface area contributed by atoms with Gasteiger partial charge in [0, 0.05) is 5.56 Å². The molecule has 8 heteroatoms. The van der Waals surface area contributed by atoms with Crippen molar-refractivity contribution in [3.05, 3.63) is 28.9 Å². The van der Waals surface area contributed by atoms with Gasteiger partial charge in [-0.1, -0.05) is 11.6 Å². The van der Waals surface area contributed by atoms with E-state index in [1.807, 2.05) is 0 Å². The number of nitrogens with two attached hydrogens (primary N) is 1. The Morgan fingerprint density at radius 3 is 2.78 bits per heavy atom. The van der Waals surface area contributed by atoms with Crippen molar-refractivity contribution in [1.82, 2.24) is 20.0 Å². The van der Waals surface area contributed by atoms with Crippen LogP contribution in [0.2, 0.25) is 5.15 Å². The maximum absolute atomic E-state index is 13.1. The number of nitrogen functional groups attached to an aromatic ring is 1. The number of hydrogen-bond acceptors (Lipinski definition) is 5. The van der Waals surface area contributed by atoms with Gasteiger partial charge in [-0.2, -0.15) is 4.39 Å². The van der Waals surface area contributed by atoms with Gasteiger partial charge in [0.05, 0.1) is 19.3 Å². The molecule has 0 aromatic carbocycles. The molecule has 2 heterocycles. The van der Waals surface area contributed by atoms with Gasteiger partial charge in [-0.3, -0.25) is 4.68 Å². The van der Waals surface area contributed by atoms with Crippen molar-refractivity contribution in [2.45, 2.75) is 13.0 Å². The van der Waals surface area contributed by atoms with E-state index in [1.54, 1.807) is 13.0 Å². The third-order valence-corrected chi connectivity index (χ3v) is 2.70. The first-order valence-electron chi connectivity index (χ1n) is 5.10. The zero-order valence-corrected chi connectivity index (χ0v) is 10.5. The predicted octanol–water partition coefficient (Wildman–Crippen LogP) is 1.67. The van der Waals surface area contributed by atoms with Crippen LogP contribution in [0.1, 0.15) is 18.5 Å². The lowest BCUT2D eigenvalue weighted by Gasteiger charge is -2.14. The summed E-state index contributed by atoms with van der Waals surface area (Å²) in [6.45, 7) is 1.79. The molecule has 2 aromatic heterocycles. The van der Waals surface area contributed by atoms with Crippen LogP contribution in [0.25, 0.3) is 0 Å². The molecule has 1 atom stereocenters. The van der Waals surface area contributed by atoms with Crippen molar-refractivity contribution in [1.29, 1.82) is 0 Å². The summed E-state index contributed by atoms with van der Waals surface area (Å²) in [7, 11) is 1.46. The highest BCUT2D eigenvalue weighted by Crippen LogP contribution is 2.27. The highest BCUT2D eigenvalue weighted by Gasteiger charge is 2.18. The number of hydrogen-bond donors (Lipinski definition) is 1. The predicted molar refractivity (Wildman–Crippen MR) is 64.0 cm³/mol. The molecular formula is C10H11ClFN5O. The molecule has 2 aromatic rings. The summed E-state index contributed by atoms with van der Waals surface area (Å²) in [6.07, 6.45) is 1.40. The first-order chi connectivity index (χ1) is 8.52.